The van der Waals surface area contributed by atoms with Crippen LogP contribution in [0.3, 0.4) is 0 Å². The number of halogens is 1. The van der Waals surface area contributed by atoms with Crippen LogP contribution in [0.4, 0.5) is 5.82 Å². The maximum absolute atomic E-state index is 13.1. The zero-order chi connectivity index (χ0) is 19.7. The van der Waals surface area contributed by atoms with Gasteiger partial charge in [0.1, 0.15) is 42.4 Å². The summed E-state index contributed by atoms with van der Waals surface area (Å²) in [7, 11) is 7.87. The van der Waals surface area contributed by atoms with Crippen LogP contribution in [0.25, 0.3) is 11.3 Å². The van der Waals surface area contributed by atoms with Crippen molar-refractivity contribution in [2.75, 3.05) is 5.32 Å². The fraction of sp³-hybridized carbons (Fsp3) is 0.125. The molecule has 0 aliphatic rings. The average molecular weight is 375 g/mol. The Hall–Kier alpha value is -2.47. The van der Waals surface area contributed by atoms with Gasteiger partial charge in [0.05, 0.1) is 5.69 Å². The van der Waals surface area contributed by atoms with Crippen LogP contribution in [-0.4, -0.2) is 57.5 Å². The number of pyridine rings is 2. The Morgan fingerprint density at radius 2 is 1.81 bits per heavy atom. The average Bonchev–Trinajstić information content (AvgIpc) is 3.11. The van der Waals surface area contributed by atoms with E-state index in [-0.39, 0.29) is 5.91 Å². The van der Waals surface area contributed by atoms with E-state index in [4.69, 9.17) is 11.6 Å². The number of anilines is 1. The zero-order valence-electron chi connectivity index (χ0n) is 15.7. The topological polar surface area (TPSA) is 83.6 Å². The Morgan fingerprint density at radius 1 is 1.11 bits per heavy atom. The second-order valence-corrected chi connectivity index (χ2v) is 7.86. The number of nitrogens with zero attached hydrogens (tertiary/aromatic N) is 3. The minimum absolute atomic E-state index is 0.118. The fourth-order valence-corrected chi connectivity index (χ4v) is 2.84. The summed E-state index contributed by atoms with van der Waals surface area (Å²) in [4.78, 5) is 21.2. The first-order valence-electron chi connectivity index (χ1n) is 8.61. The second kappa shape index (κ2) is 7.27. The van der Waals surface area contributed by atoms with E-state index < -0.39 is 10.4 Å². The molecule has 27 heavy (non-hydrogen) atoms. The van der Waals surface area contributed by atoms with Gasteiger partial charge in [-0.25, -0.2) is 4.98 Å². The third-order valence-corrected chi connectivity index (χ3v) is 5.60. The molecule has 6 nitrogen and oxygen atoms in total. The summed E-state index contributed by atoms with van der Waals surface area (Å²) >= 11 is 5.89. The summed E-state index contributed by atoms with van der Waals surface area (Å²) in [6.45, 7) is 0. The Morgan fingerprint density at radius 3 is 2.44 bits per heavy atom. The first-order valence-corrected chi connectivity index (χ1v) is 8.99. The van der Waals surface area contributed by atoms with E-state index >= 15 is 0 Å². The molecule has 11 heteroatoms. The molecule has 132 valence electrons. The summed E-state index contributed by atoms with van der Waals surface area (Å²) in [5.74, 6) is 0.428. The number of hydrogen-bond acceptors (Lipinski definition) is 4. The predicted molar refractivity (Wildman–Crippen MR) is 118 cm³/mol. The molecular formula is C16H18B4ClN5O. The molecule has 0 bridgehead atoms. The highest BCUT2D eigenvalue weighted by Crippen LogP contribution is 2.39. The molecule has 0 aliphatic carbocycles. The molecule has 0 radical (unpaired) electrons. The van der Waals surface area contributed by atoms with Gasteiger partial charge >= 0.3 is 0 Å². The third-order valence-electron chi connectivity index (χ3n) is 5.38. The lowest BCUT2D eigenvalue weighted by Gasteiger charge is -2.41. The number of H-pyrrole nitrogens is 1. The van der Waals surface area contributed by atoms with Gasteiger partial charge in [0.15, 0.2) is 0 Å². The monoisotopic (exact) mass is 375 g/mol. The predicted octanol–water partition coefficient (Wildman–Crippen LogP) is -1.04. The maximum atomic E-state index is 13.1. The largest absolute Gasteiger partial charge is 0.312 e. The van der Waals surface area contributed by atoms with Crippen molar-refractivity contribution in [3.63, 3.8) is 0 Å². The van der Waals surface area contributed by atoms with E-state index in [1.54, 1.807) is 30.7 Å². The van der Waals surface area contributed by atoms with Crippen LogP contribution >= 0.6 is 11.6 Å². The molecule has 3 aromatic rings. The van der Waals surface area contributed by atoms with Crippen molar-refractivity contribution >= 4 is 54.7 Å². The SMILES string of the molecule is BC(B)(C(=O)Nc1cc(-c2ccncc2)n[nH]1)C(B)(B)c1ccc(Cl)nc1. The molecule has 0 spiro atoms. The van der Waals surface area contributed by atoms with E-state index in [0.717, 1.165) is 16.8 Å². The molecule has 0 atom stereocenters. The molecule has 0 aromatic carbocycles. The van der Waals surface area contributed by atoms with Crippen molar-refractivity contribution < 1.29 is 4.79 Å². The third kappa shape index (κ3) is 3.81. The molecule has 1 amide bonds. The lowest BCUT2D eigenvalue weighted by molar-refractivity contribution is -0.117. The number of rotatable bonds is 5. The Labute approximate surface area is 166 Å². The van der Waals surface area contributed by atoms with Gasteiger partial charge in [0.25, 0.3) is 0 Å². The van der Waals surface area contributed by atoms with Crippen LogP contribution in [0.2, 0.25) is 10.4 Å². The summed E-state index contributed by atoms with van der Waals surface area (Å²) in [5, 5.41) is 9.31. The van der Waals surface area contributed by atoms with Crippen molar-refractivity contribution in [1.29, 1.82) is 0 Å². The van der Waals surface area contributed by atoms with E-state index in [0.29, 0.717) is 11.0 Å². The number of aromatic amines is 1. The zero-order valence-corrected chi connectivity index (χ0v) is 16.5. The molecule has 3 rings (SSSR count). The van der Waals surface area contributed by atoms with Crippen LogP contribution < -0.4 is 5.32 Å². The molecule has 0 saturated heterocycles. The van der Waals surface area contributed by atoms with Gasteiger partial charge in [0.2, 0.25) is 5.91 Å². The highest BCUT2D eigenvalue weighted by Gasteiger charge is 2.43. The van der Waals surface area contributed by atoms with Crippen molar-refractivity contribution in [1.82, 2.24) is 20.2 Å². The molecular weight excluding hydrogens is 357 g/mol. The van der Waals surface area contributed by atoms with E-state index in [2.05, 4.69) is 25.5 Å². The summed E-state index contributed by atoms with van der Waals surface area (Å²) in [5.41, 5.74) is 2.61. The first kappa shape index (κ1) is 19.3. The van der Waals surface area contributed by atoms with Gasteiger partial charge in [0, 0.05) is 30.2 Å². The minimum atomic E-state index is -0.718. The van der Waals surface area contributed by atoms with Gasteiger partial charge in [-0.05, 0) is 29.0 Å². The van der Waals surface area contributed by atoms with E-state index in [1.807, 2.05) is 49.6 Å². The summed E-state index contributed by atoms with van der Waals surface area (Å²) in [6, 6.07) is 9.18. The van der Waals surface area contributed by atoms with E-state index in [1.165, 1.54) is 0 Å². The smallest absolute Gasteiger partial charge is 0.215 e. The minimum Gasteiger partial charge on any atom is -0.312 e. The van der Waals surface area contributed by atoms with Crippen LogP contribution in [-0.2, 0) is 10.0 Å². The number of aromatic nitrogens is 4. The second-order valence-electron chi connectivity index (χ2n) is 7.48. The Bertz CT molecular complexity index is 947. The highest BCUT2D eigenvalue weighted by molar-refractivity contribution is 6.62. The molecule has 3 heterocycles. The van der Waals surface area contributed by atoms with Gasteiger partial charge in [-0.3, -0.25) is 14.9 Å². The van der Waals surface area contributed by atoms with Crippen LogP contribution in [0.1, 0.15) is 5.56 Å². The number of hydrogen-bond donors (Lipinski definition) is 2. The molecule has 2 N–H and O–H groups in total. The van der Waals surface area contributed by atoms with Gasteiger partial charge < -0.3 is 5.32 Å². The van der Waals surface area contributed by atoms with Crippen LogP contribution in [0.15, 0.2) is 48.9 Å². The lowest BCUT2D eigenvalue weighted by atomic mass is 9.28. The van der Waals surface area contributed by atoms with Crippen LogP contribution in [0.5, 0.6) is 0 Å². The standard InChI is InChI=1S/C16H18B4ClN5O/c17-15(18,10-1-2-12(21)23-8-10)16(19,20)14(27)24-13-7-11(25-26-13)9-3-5-22-6-4-9/h1-8H,17-20H2,(H2,24,25,26,27). The first-order chi connectivity index (χ1) is 12.7. The Balaban J connectivity index is 1.80. The highest BCUT2D eigenvalue weighted by atomic mass is 35.5. The lowest BCUT2D eigenvalue weighted by Crippen LogP contribution is -2.50. The maximum Gasteiger partial charge on any atom is 0.215 e. The summed E-state index contributed by atoms with van der Waals surface area (Å²) < 4.78 is 0. The van der Waals surface area contributed by atoms with Gasteiger partial charge in [-0.15, -0.1) is 0 Å². The van der Waals surface area contributed by atoms with Crippen LogP contribution in [0, 0.1) is 0 Å². The molecule has 0 fully saturated rings. The number of carbonyl (C=O) groups is 1. The molecule has 3 aromatic heterocycles. The number of nitrogens with one attached hydrogen (secondary N) is 2. The molecule has 0 saturated carbocycles. The number of carbonyl (C=O) groups excluding carboxylic acids is 1. The van der Waals surface area contributed by atoms with Crippen molar-refractivity contribution in [2.24, 2.45) is 0 Å². The van der Waals surface area contributed by atoms with Gasteiger partial charge in [-0.1, -0.05) is 22.9 Å². The normalized spacial score (nSPS) is 11.9. The van der Waals surface area contributed by atoms with E-state index in [9.17, 15) is 4.79 Å². The molecule has 0 unspecified atom stereocenters. The summed E-state index contributed by atoms with van der Waals surface area (Å²) in [6.07, 6.45) is 5.12. The number of amides is 1. The molecule has 0 aliphatic heterocycles. The quantitative estimate of drug-likeness (QED) is 0.441. The fourth-order valence-electron chi connectivity index (χ4n) is 2.73. The van der Waals surface area contributed by atoms with Crippen molar-refractivity contribution in [3.05, 3.63) is 59.6 Å². The van der Waals surface area contributed by atoms with Crippen molar-refractivity contribution in [3.8, 4) is 11.3 Å². The van der Waals surface area contributed by atoms with Gasteiger partial charge in [-0.2, -0.15) is 5.10 Å². The van der Waals surface area contributed by atoms with Crippen molar-refractivity contribution in [2.45, 2.75) is 10.4 Å². The Kier molecular flexibility index (Phi) is 5.20.